The minimum absolute atomic E-state index is 0.309. The molecule has 92 valence electrons. The Morgan fingerprint density at radius 3 is 2.33 bits per heavy atom. The van der Waals surface area contributed by atoms with E-state index in [0.717, 1.165) is 0 Å². The molecule has 2 aromatic rings. The van der Waals surface area contributed by atoms with Crippen LogP contribution in [0.3, 0.4) is 0 Å². The summed E-state index contributed by atoms with van der Waals surface area (Å²) in [5.41, 5.74) is 3.53. The van der Waals surface area contributed by atoms with E-state index in [1.807, 2.05) is 37.3 Å². The quantitative estimate of drug-likeness (QED) is 0.804. The Balaban J connectivity index is 2.21. The van der Waals surface area contributed by atoms with Gasteiger partial charge in [-0.1, -0.05) is 66.7 Å². The summed E-state index contributed by atoms with van der Waals surface area (Å²) in [6.45, 7) is 1.82. The first-order chi connectivity index (χ1) is 8.75. The summed E-state index contributed by atoms with van der Waals surface area (Å²) in [5, 5.41) is 9.49. The van der Waals surface area contributed by atoms with Gasteiger partial charge in [0.05, 0.1) is 6.10 Å². The topological polar surface area (TPSA) is 20.2 Å². The van der Waals surface area contributed by atoms with Crippen molar-refractivity contribution in [2.75, 3.05) is 0 Å². The van der Waals surface area contributed by atoms with Crippen LogP contribution >= 0.6 is 0 Å². The zero-order valence-corrected chi connectivity index (χ0v) is 10.6. The normalized spacial score (nSPS) is 12.8. The van der Waals surface area contributed by atoms with E-state index in [4.69, 9.17) is 0 Å². The molecule has 1 heteroatoms. The van der Waals surface area contributed by atoms with Gasteiger partial charge in [-0.15, -0.1) is 0 Å². The Labute approximate surface area is 108 Å². The van der Waals surface area contributed by atoms with Crippen LogP contribution in [0.4, 0.5) is 0 Å². The van der Waals surface area contributed by atoms with E-state index < -0.39 is 0 Å². The second kappa shape index (κ2) is 6.18. The summed E-state index contributed by atoms with van der Waals surface area (Å²) in [6, 6.07) is 18.4. The van der Waals surface area contributed by atoms with Gasteiger partial charge in [-0.3, -0.25) is 0 Å². The standard InChI is InChI=1S/C17H18O/c1-14(18)13-17-10-6-5-9-16(17)12-11-15-7-3-2-4-8-15/h2-12,14,18H,13H2,1H3/b12-11-. The summed E-state index contributed by atoms with van der Waals surface area (Å²) >= 11 is 0. The highest BCUT2D eigenvalue weighted by Gasteiger charge is 2.02. The maximum absolute atomic E-state index is 9.49. The lowest BCUT2D eigenvalue weighted by atomic mass is 10.0. The van der Waals surface area contributed by atoms with Crippen molar-refractivity contribution in [3.63, 3.8) is 0 Å². The van der Waals surface area contributed by atoms with Gasteiger partial charge in [0, 0.05) is 0 Å². The second-order valence-corrected chi connectivity index (χ2v) is 4.50. The minimum Gasteiger partial charge on any atom is -0.393 e. The maximum atomic E-state index is 9.49. The van der Waals surface area contributed by atoms with Crippen LogP contribution in [0.5, 0.6) is 0 Å². The van der Waals surface area contributed by atoms with Gasteiger partial charge >= 0.3 is 0 Å². The first kappa shape index (κ1) is 12.6. The van der Waals surface area contributed by atoms with Crippen molar-refractivity contribution in [1.29, 1.82) is 0 Å². The molecule has 0 fully saturated rings. The van der Waals surface area contributed by atoms with Gasteiger partial charge in [0.25, 0.3) is 0 Å². The molecule has 0 aromatic heterocycles. The Morgan fingerprint density at radius 1 is 0.944 bits per heavy atom. The van der Waals surface area contributed by atoms with Crippen LogP contribution in [0.1, 0.15) is 23.6 Å². The third-order valence-corrected chi connectivity index (χ3v) is 2.83. The Kier molecular flexibility index (Phi) is 4.32. The van der Waals surface area contributed by atoms with E-state index in [-0.39, 0.29) is 6.10 Å². The van der Waals surface area contributed by atoms with E-state index in [9.17, 15) is 5.11 Å². The third kappa shape index (κ3) is 3.57. The SMILES string of the molecule is CC(O)Cc1ccccc1/C=C\c1ccccc1. The van der Waals surface area contributed by atoms with Gasteiger partial charge in [0.15, 0.2) is 0 Å². The van der Waals surface area contributed by atoms with Crippen LogP contribution in [0.15, 0.2) is 54.6 Å². The number of benzene rings is 2. The number of hydrogen-bond acceptors (Lipinski definition) is 1. The van der Waals surface area contributed by atoms with Gasteiger partial charge in [0.2, 0.25) is 0 Å². The predicted molar refractivity (Wildman–Crippen MR) is 77.2 cm³/mol. The number of hydrogen-bond donors (Lipinski definition) is 1. The van der Waals surface area contributed by atoms with Crippen LogP contribution < -0.4 is 0 Å². The molecule has 0 aliphatic heterocycles. The molecule has 0 amide bonds. The van der Waals surface area contributed by atoms with Gasteiger partial charge in [0.1, 0.15) is 0 Å². The molecule has 1 N–H and O–H groups in total. The lowest BCUT2D eigenvalue weighted by Gasteiger charge is -2.07. The average Bonchev–Trinajstić information content (AvgIpc) is 2.38. The van der Waals surface area contributed by atoms with E-state index in [1.165, 1.54) is 16.7 Å². The molecule has 1 nitrogen and oxygen atoms in total. The second-order valence-electron chi connectivity index (χ2n) is 4.50. The van der Waals surface area contributed by atoms with E-state index >= 15 is 0 Å². The van der Waals surface area contributed by atoms with Crippen LogP contribution in [0.25, 0.3) is 12.2 Å². The van der Waals surface area contributed by atoms with E-state index in [0.29, 0.717) is 6.42 Å². The van der Waals surface area contributed by atoms with Crippen molar-refractivity contribution < 1.29 is 5.11 Å². The molecule has 0 heterocycles. The average molecular weight is 238 g/mol. The van der Waals surface area contributed by atoms with Crippen molar-refractivity contribution in [2.24, 2.45) is 0 Å². The van der Waals surface area contributed by atoms with Crippen molar-refractivity contribution in [3.05, 3.63) is 71.3 Å². The van der Waals surface area contributed by atoms with Gasteiger partial charge in [-0.05, 0) is 30.0 Å². The smallest absolute Gasteiger partial charge is 0.0552 e. The zero-order chi connectivity index (χ0) is 12.8. The molecular weight excluding hydrogens is 220 g/mol. The highest BCUT2D eigenvalue weighted by molar-refractivity contribution is 5.71. The van der Waals surface area contributed by atoms with Crippen molar-refractivity contribution in [3.8, 4) is 0 Å². The molecule has 0 radical (unpaired) electrons. The predicted octanol–water partition coefficient (Wildman–Crippen LogP) is 3.78. The van der Waals surface area contributed by atoms with Gasteiger partial charge in [-0.25, -0.2) is 0 Å². The Bertz CT molecular complexity index is 512. The fraction of sp³-hybridized carbons (Fsp3) is 0.176. The van der Waals surface area contributed by atoms with Crippen LogP contribution in [-0.2, 0) is 6.42 Å². The number of aliphatic hydroxyl groups is 1. The summed E-state index contributed by atoms with van der Waals surface area (Å²) in [4.78, 5) is 0. The largest absolute Gasteiger partial charge is 0.393 e. The van der Waals surface area contributed by atoms with Crippen LogP contribution in [-0.4, -0.2) is 11.2 Å². The summed E-state index contributed by atoms with van der Waals surface area (Å²) in [6.07, 6.45) is 4.58. The highest BCUT2D eigenvalue weighted by atomic mass is 16.3. The summed E-state index contributed by atoms with van der Waals surface area (Å²) < 4.78 is 0. The molecule has 0 bridgehead atoms. The Hall–Kier alpha value is -1.86. The molecule has 0 saturated carbocycles. The van der Waals surface area contributed by atoms with Gasteiger partial charge in [-0.2, -0.15) is 0 Å². The highest BCUT2D eigenvalue weighted by Crippen LogP contribution is 2.15. The first-order valence-electron chi connectivity index (χ1n) is 6.25. The number of aliphatic hydroxyl groups excluding tert-OH is 1. The summed E-state index contributed by atoms with van der Waals surface area (Å²) in [7, 11) is 0. The van der Waals surface area contributed by atoms with E-state index in [1.54, 1.807) is 0 Å². The molecular formula is C17H18O. The molecule has 2 aromatic carbocycles. The molecule has 1 atom stereocenters. The first-order valence-corrected chi connectivity index (χ1v) is 6.25. The van der Waals surface area contributed by atoms with Crippen molar-refractivity contribution in [1.82, 2.24) is 0 Å². The molecule has 2 rings (SSSR count). The molecule has 0 aliphatic carbocycles. The maximum Gasteiger partial charge on any atom is 0.0552 e. The zero-order valence-electron chi connectivity index (χ0n) is 10.6. The fourth-order valence-electron chi connectivity index (χ4n) is 1.95. The van der Waals surface area contributed by atoms with Crippen molar-refractivity contribution in [2.45, 2.75) is 19.4 Å². The number of rotatable bonds is 4. The monoisotopic (exact) mass is 238 g/mol. The molecule has 18 heavy (non-hydrogen) atoms. The summed E-state index contributed by atoms with van der Waals surface area (Å²) in [5.74, 6) is 0. The molecule has 1 unspecified atom stereocenters. The lowest BCUT2D eigenvalue weighted by molar-refractivity contribution is 0.195. The lowest BCUT2D eigenvalue weighted by Crippen LogP contribution is -2.05. The molecule has 0 saturated heterocycles. The third-order valence-electron chi connectivity index (χ3n) is 2.83. The van der Waals surface area contributed by atoms with Crippen LogP contribution in [0, 0.1) is 0 Å². The van der Waals surface area contributed by atoms with Crippen LogP contribution in [0.2, 0.25) is 0 Å². The minimum atomic E-state index is -0.309. The fourth-order valence-corrected chi connectivity index (χ4v) is 1.95. The molecule has 0 aliphatic rings. The Morgan fingerprint density at radius 2 is 1.61 bits per heavy atom. The van der Waals surface area contributed by atoms with Crippen molar-refractivity contribution >= 4 is 12.2 Å². The van der Waals surface area contributed by atoms with Gasteiger partial charge < -0.3 is 5.11 Å². The molecule has 0 spiro atoms. The van der Waals surface area contributed by atoms with E-state index in [2.05, 4.69) is 36.4 Å².